The van der Waals surface area contributed by atoms with Gasteiger partial charge < -0.3 is 9.16 Å². The Labute approximate surface area is 139 Å². The highest BCUT2D eigenvalue weighted by molar-refractivity contribution is 6.74. The minimum Gasteiger partial charge on any atom is -0.466 e. The fourth-order valence-electron chi connectivity index (χ4n) is 2.18. The van der Waals surface area contributed by atoms with Crippen molar-refractivity contribution in [1.29, 1.82) is 0 Å². The number of esters is 1. The standard InChI is InChI=1S/C18H38O3Si/c1-8-10-11-12-13-14-16(15-17(19)20-9-2)21-22(6,7)18(3,4)5/h16H,8-15H2,1-7H3. The molecule has 0 amide bonds. The molecular formula is C18H38O3Si. The summed E-state index contributed by atoms with van der Waals surface area (Å²) < 4.78 is 11.6. The molecule has 4 heteroatoms. The van der Waals surface area contributed by atoms with Crippen LogP contribution in [0.25, 0.3) is 0 Å². The first-order chi connectivity index (χ1) is 10.1. The van der Waals surface area contributed by atoms with E-state index in [1.807, 2.05) is 6.92 Å². The minimum absolute atomic E-state index is 0.0153. The van der Waals surface area contributed by atoms with Crippen molar-refractivity contribution in [3.8, 4) is 0 Å². The van der Waals surface area contributed by atoms with E-state index in [1.165, 1.54) is 25.7 Å². The molecule has 22 heavy (non-hydrogen) atoms. The molecule has 1 unspecified atom stereocenters. The van der Waals surface area contributed by atoms with Gasteiger partial charge >= 0.3 is 5.97 Å². The first-order valence-electron chi connectivity index (χ1n) is 8.97. The van der Waals surface area contributed by atoms with Gasteiger partial charge in [-0.3, -0.25) is 4.79 Å². The third kappa shape index (κ3) is 8.94. The van der Waals surface area contributed by atoms with E-state index in [0.29, 0.717) is 13.0 Å². The molecule has 0 heterocycles. The fraction of sp³-hybridized carbons (Fsp3) is 0.944. The van der Waals surface area contributed by atoms with Crippen molar-refractivity contribution in [2.45, 2.75) is 104 Å². The number of carbonyl (C=O) groups is 1. The second-order valence-electron chi connectivity index (χ2n) is 7.71. The fourth-order valence-corrected chi connectivity index (χ4v) is 3.57. The van der Waals surface area contributed by atoms with Crippen LogP contribution in [0.1, 0.15) is 79.6 Å². The predicted molar refractivity (Wildman–Crippen MR) is 96.7 cm³/mol. The van der Waals surface area contributed by atoms with Crippen molar-refractivity contribution >= 4 is 14.3 Å². The van der Waals surface area contributed by atoms with E-state index < -0.39 is 8.32 Å². The van der Waals surface area contributed by atoms with Crippen LogP contribution in [-0.2, 0) is 14.0 Å². The Morgan fingerprint density at radius 2 is 1.64 bits per heavy atom. The van der Waals surface area contributed by atoms with Gasteiger partial charge in [0.1, 0.15) is 0 Å². The molecule has 0 aliphatic carbocycles. The van der Waals surface area contributed by atoms with Gasteiger partial charge in [0.2, 0.25) is 0 Å². The van der Waals surface area contributed by atoms with Gasteiger partial charge in [-0.25, -0.2) is 0 Å². The Balaban J connectivity index is 4.54. The quantitative estimate of drug-likeness (QED) is 0.277. The molecule has 0 aromatic heterocycles. The molecule has 0 aliphatic heterocycles. The lowest BCUT2D eigenvalue weighted by Gasteiger charge is -2.39. The molecule has 0 fully saturated rings. The van der Waals surface area contributed by atoms with Crippen LogP contribution in [0.4, 0.5) is 0 Å². The van der Waals surface area contributed by atoms with Crippen molar-refractivity contribution < 1.29 is 14.0 Å². The van der Waals surface area contributed by atoms with Gasteiger partial charge in [0.15, 0.2) is 8.32 Å². The van der Waals surface area contributed by atoms with Crippen LogP contribution in [0.5, 0.6) is 0 Å². The SMILES string of the molecule is CCCCCCCC(CC(=O)OCC)O[Si](C)(C)C(C)(C)C. The summed E-state index contributed by atoms with van der Waals surface area (Å²) in [6, 6.07) is 0. The van der Waals surface area contributed by atoms with Crippen LogP contribution in [0.3, 0.4) is 0 Å². The van der Waals surface area contributed by atoms with Crippen molar-refractivity contribution in [3.63, 3.8) is 0 Å². The summed E-state index contributed by atoms with van der Waals surface area (Å²) in [6.45, 7) is 15.7. The molecule has 3 nitrogen and oxygen atoms in total. The zero-order chi connectivity index (χ0) is 17.2. The van der Waals surface area contributed by atoms with E-state index in [0.717, 1.165) is 12.8 Å². The molecule has 0 aliphatic rings. The normalized spacial score (nSPS) is 14.0. The smallest absolute Gasteiger partial charge is 0.308 e. The molecule has 132 valence electrons. The van der Waals surface area contributed by atoms with E-state index in [1.54, 1.807) is 0 Å². The second kappa shape index (κ2) is 10.4. The third-order valence-corrected chi connectivity index (χ3v) is 9.13. The molecule has 1 atom stereocenters. The maximum absolute atomic E-state index is 11.8. The minimum atomic E-state index is -1.84. The first kappa shape index (κ1) is 21.6. The topological polar surface area (TPSA) is 35.5 Å². The average molecular weight is 331 g/mol. The second-order valence-corrected chi connectivity index (χ2v) is 12.5. The van der Waals surface area contributed by atoms with Gasteiger partial charge in [-0.1, -0.05) is 59.8 Å². The maximum Gasteiger partial charge on any atom is 0.308 e. The Morgan fingerprint density at radius 3 is 2.14 bits per heavy atom. The summed E-state index contributed by atoms with van der Waals surface area (Å²) in [5.41, 5.74) is 0. The van der Waals surface area contributed by atoms with E-state index in [9.17, 15) is 4.79 Å². The van der Waals surface area contributed by atoms with Crippen LogP contribution in [0.15, 0.2) is 0 Å². The Kier molecular flexibility index (Phi) is 10.3. The highest BCUT2D eigenvalue weighted by Crippen LogP contribution is 2.38. The van der Waals surface area contributed by atoms with Crippen LogP contribution >= 0.6 is 0 Å². The molecule has 0 rings (SSSR count). The molecule has 0 aromatic carbocycles. The van der Waals surface area contributed by atoms with Gasteiger partial charge in [0, 0.05) is 0 Å². The van der Waals surface area contributed by atoms with Crippen LogP contribution in [0, 0.1) is 0 Å². The number of hydrogen-bond donors (Lipinski definition) is 0. The number of ether oxygens (including phenoxy) is 1. The molecular weight excluding hydrogens is 292 g/mol. The Bertz CT molecular complexity index is 308. The van der Waals surface area contributed by atoms with E-state index in [4.69, 9.17) is 9.16 Å². The van der Waals surface area contributed by atoms with Gasteiger partial charge in [0.05, 0.1) is 19.1 Å². The van der Waals surface area contributed by atoms with Gasteiger partial charge in [0.25, 0.3) is 0 Å². The zero-order valence-electron chi connectivity index (χ0n) is 16.0. The van der Waals surface area contributed by atoms with Gasteiger partial charge in [-0.2, -0.15) is 0 Å². The lowest BCUT2D eigenvalue weighted by molar-refractivity contribution is -0.145. The summed E-state index contributed by atoms with van der Waals surface area (Å²) in [4.78, 5) is 11.8. The summed E-state index contributed by atoms with van der Waals surface area (Å²) >= 11 is 0. The van der Waals surface area contributed by atoms with Crippen molar-refractivity contribution in [2.24, 2.45) is 0 Å². The van der Waals surface area contributed by atoms with Gasteiger partial charge in [-0.15, -0.1) is 0 Å². The monoisotopic (exact) mass is 330 g/mol. The molecule has 0 bridgehead atoms. The van der Waals surface area contributed by atoms with E-state index >= 15 is 0 Å². The molecule has 0 saturated carbocycles. The summed E-state index contributed by atoms with van der Waals surface area (Å²) in [7, 11) is -1.84. The number of hydrogen-bond acceptors (Lipinski definition) is 3. The largest absolute Gasteiger partial charge is 0.466 e. The lowest BCUT2D eigenvalue weighted by atomic mass is 10.1. The Morgan fingerprint density at radius 1 is 1.05 bits per heavy atom. The third-order valence-electron chi connectivity index (χ3n) is 4.60. The van der Waals surface area contributed by atoms with Crippen molar-refractivity contribution in [3.05, 3.63) is 0 Å². The van der Waals surface area contributed by atoms with Crippen molar-refractivity contribution in [2.75, 3.05) is 6.61 Å². The highest BCUT2D eigenvalue weighted by atomic mass is 28.4. The van der Waals surface area contributed by atoms with Crippen molar-refractivity contribution in [1.82, 2.24) is 0 Å². The number of rotatable bonds is 11. The molecule has 0 spiro atoms. The number of unbranched alkanes of at least 4 members (excludes halogenated alkanes) is 4. The first-order valence-corrected chi connectivity index (χ1v) is 11.9. The van der Waals surface area contributed by atoms with E-state index in [-0.39, 0.29) is 17.1 Å². The predicted octanol–water partition coefficient (Wildman–Crippen LogP) is 5.69. The molecule has 0 N–H and O–H groups in total. The zero-order valence-corrected chi connectivity index (χ0v) is 17.0. The molecule has 0 radical (unpaired) electrons. The Hall–Kier alpha value is -0.353. The summed E-state index contributed by atoms with van der Waals surface area (Å²) in [5.74, 6) is -0.125. The van der Waals surface area contributed by atoms with E-state index in [2.05, 4.69) is 40.8 Å². The lowest BCUT2D eigenvalue weighted by Crippen LogP contribution is -2.44. The molecule has 0 aromatic rings. The van der Waals surface area contributed by atoms with Gasteiger partial charge in [-0.05, 0) is 31.5 Å². The summed E-state index contributed by atoms with van der Waals surface area (Å²) in [5, 5.41) is 0.169. The summed E-state index contributed by atoms with van der Waals surface area (Å²) in [6.07, 6.45) is 7.58. The molecule has 0 saturated heterocycles. The average Bonchev–Trinajstić information content (AvgIpc) is 2.36. The highest BCUT2D eigenvalue weighted by Gasteiger charge is 2.39. The van der Waals surface area contributed by atoms with Crippen LogP contribution in [0.2, 0.25) is 18.1 Å². The number of carbonyl (C=O) groups excluding carboxylic acids is 1. The van der Waals surface area contributed by atoms with Crippen LogP contribution in [-0.4, -0.2) is 27.0 Å². The van der Waals surface area contributed by atoms with Crippen LogP contribution < -0.4 is 0 Å². The maximum atomic E-state index is 11.8.